The van der Waals surface area contributed by atoms with E-state index in [1.165, 1.54) is 66.1 Å². The molecule has 0 N–H and O–H groups in total. The van der Waals surface area contributed by atoms with Crippen molar-refractivity contribution < 1.29 is 0 Å². The lowest BCUT2D eigenvalue weighted by Gasteiger charge is -2.18. The van der Waals surface area contributed by atoms with E-state index in [2.05, 4.69) is 159 Å². The number of fused-ring (bicyclic) bond motifs is 2. The van der Waals surface area contributed by atoms with Crippen LogP contribution in [0.5, 0.6) is 0 Å². The fraction of sp³-hybridized carbons (Fsp3) is 0.100. The van der Waals surface area contributed by atoms with Crippen molar-refractivity contribution in [3.05, 3.63) is 173 Å². The molecule has 0 radical (unpaired) electrons. The molecule has 0 heteroatoms. The standard InChI is InChI=1S/C40H34/c1-3-12-29(4-2)40(33-24-21-31(22-25-33)35-26-23-30-13-5-6-15-34(30)27-35)39-20-10-8-16-37(39)28-36-18-11-17-32-14-7-9-19-38(32)36/h3,5-27H,4,28H2,1-2H3/b12-3-,40-29+. The van der Waals surface area contributed by atoms with E-state index < -0.39 is 0 Å². The zero-order valence-electron chi connectivity index (χ0n) is 23.3. The maximum Gasteiger partial charge on any atom is -0.00135 e. The molecule has 0 heterocycles. The summed E-state index contributed by atoms with van der Waals surface area (Å²) in [5, 5.41) is 5.16. The summed E-state index contributed by atoms with van der Waals surface area (Å²) in [4.78, 5) is 0. The van der Waals surface area contributed by atoms with Gasteiger partial charge in [-0.05, 0) is 91.9 Å². The highest BCUT2D eigenvalue weighted by Crippen LogP contribution is 2.35. The summed E-state index contributed by atoms with van der Waals surface area (Å²) in [6.07, 6.45) is 6.30. The van der Waals surface area contributed by atoms with Crippen molar-refractivity contribution in [2.24, 2.45) is 0 Å². The quantitative estimate of drug-likeness (QED) is 0.186. The van der Waals surface area contributed by atoms with Crippen LogP contribution in [0.4, 0.5) is 0 Å². The molecule has 0 bridgehead atoms. The summed E-state index contributed by atoms with van der Waals surface area (Å²) < 4.78 is 0. The van der Waals surface area contributed by atoms with E-state index in [1.807, 2.05) is 0 Å². The minimum Gasteiger partial charge on any atom is -0.0874 e. The van der Waals surface area contributed by atoms with Gasteiger partial charge in [0.2, 0.25) is 0 Å². The van der Waals surface area contributed by atoms with Crippen LogP contribution in [0.2, 0.25) is 0 Å². The number of allylic oxidation sites excluding steroid dienone is 3. The van der Waals surface area contributed by atoms with Gasteiger partial charge < -0.3 is 0 Å². The Hall–Kier alpha value is -4.68. The lowest BCUT2D eigenvalue weighted by atomic mass is 9.86. The molecule has 0 aliphatic heterocycles. The number of hydrogen-bond acceptors (Lipinski definition) is 0. The zero-order valence-corrected chi connectivity index (χ0v) is 23.3. The minimum atomic E-state index is 0.892. The number of hydrogen-bond donors (Lipinski definition) is 0. The van der Waals surface area contributed by atoms with Crippen molar-refractivity contribution in [1.29, 1.82) is 0 Å². The molecular weight excluding hydrogens is 480 g/mol. The molecule has 0 saturated heterocycles. The summed E-state index contributed by atoms with van der Waals surface area (Å²) in [5.41, 5.74) is 10.4. The first-order valence-corrected chi connectivity index (χ1v) is 14.3. The second-order valence-electron chi connectivity index (χ2n) is 10.4. The Labute approximate surface area is 238 Å². The lowest BCUT2D eigenvalue weighted by Crippen LogP contribution is -2.00. The molecule has 0 aliphatic carbocycles. The molecule has 6 aromatic rings. The lowest BCUT2D eigenvalue weighted by molar-refractivity contribution is 1.14. The Kier molecular flexibility index (Phi) is 7.42. The fourth-order valence-corrected chi connectivity index (χ4v) is 5.86. The molecule has 6 rings (SSSR count). The first-order chi connectivity index (χ1) is 19.7. The summed E-state index contributed by atoms with van der Waals surface area (Å²) in [6, 6.07) is 48.7. The average Bonchev–Trinajstić information content (AvgIpc) is 3.02. The molecule has 0 unspecified atom stereocenters. The molecule has 194 valence electrons. The second kappa shape index (κ2) is 11.6. The van der Waals surface area contributed by atoms with Gasteiger partial charge in [-0.25, -0.2) is 0 Å². The van der Waals surface area contributed by atoms with Gasteiger partial charge in [-0.2, -0.15) is 0 Å². The molecule has 0 spiro atoms. The van der Waals surface area contributed by atoms with E-state index in [0.717, 1.165) is 12.8 Å². The van der Waals surface area contributed by atoms with Crippen LogP contribution in [0.25, 0.3) is 38.2 Å². The van der Waals surface area contributed by atoms with Crippen molar-refractivity contribution in [3.8, 4) is 11.1 Å². The van der Waals surface area contributed by atoms with Crippen LogP contribution in [-0.4, -0.2) is 0 Å². The molecule has 0 amide bonds. The minimum absolute atomic E-state index is 0.892. The largest absolute Gasteiger partial charge is 0.0874 e. The molecule has 0 saturated carbocycles. The van der Waals surface area contributed by atoms with Gasteiger partial charge >= 0.3 is 0 Å². The Balaban J connectivity index is 1.44. The summed E-state index contributed by atoms with van der Waals surface area (Å²) >= 11 is 0. The third-order valence-electron chi connectivity index (χ3n) is 7.87. The van der Waals surface area contributed by atoms with Gasteiger partial charge in [-0.3, -0.25) is 0 Å². The monoisotopic (exact) mass is 514 g/mol. The van der Waals surface area contributed by atoms with Gasteiger partial charge in [0.25, 0.3) is 0 Å². The van der Waals surface area contributed by atoms with Crippen molar-refractivity contribution in [3.63, 3.8) is 0 Å². The summed E-state index contributed by atoms with van der Waals surface area (Å²) in [7, 11) is 0. The second-order valence-corrected chi connectivity index (χ2v) is 10.4. The van der Waals surface area contributed by atoms with E-state index >= 15 is 0 Å². The van der Waals surface area contributed by atoms with Gasteiger partial charge in [-0.1, -0.05) is 146 Å². The third-order valence-corrected chi connectivity index (χ3v) is 7.87. The van der Waals surface area contributed by atoms with E-state index in [9.17, 15) is 0 Å². The smallest absolute Gasteiger partial charge is 0.00135 e. The maximum absolute atomic E-state index is 2.30. The Morgan fingerprint density at radius 3 is 2.02 bits per heavy atom. The van der Waals surface area contributed by atoms with Crippen LogP contribution in [0.3, 0.4) is 0 Å². The first-order valence-electron chi connectivity index (χ1n) is 14.3. The molecule has 6 aromatic carbocycles. The van der Waals surface area contributed by atoms with Gasteiger partial charge in [0.1, 0.15) is 0 Å². The normalized spacial score (nSPS) is 12.2. The van der Waals surface area contributed by atoms with E-state index in [4.69, 9.17) is 0 Å². The van der Waals surface area contributed by atoms with E-state index in [0.29, 0.717) is 0 Å². The fourth-order valence-electron chi connectivity index (χ4n) is 5.86. The van der Waals surface area contributed by atoms with Crippen LogP contribution in [0.15, 0.2) is 151 Å². The van der Waals surface area contributed by atoms with Crippen molar-refractivity contribution in [1.82, 2.24) is 0 Å². The van der Waals surface area contributed by atoms with Gasteiger partial charge in [0, 0.05) is 0 Å². The van der Waals surface area contributed by atoms with Gasteiger partial charge in [-0.15, -0.1) is 0 Å². The molecule has 0 nitrogen and oxygen atoms in total. The number of benzene rings is 6. The van der Waals surface area contributed by atoms with Crippen LogP contribution in [0.1, 0.15) is 42.5 Å². The zero-order chi connectivity index (χ0) is 27.3. The molecular formula is C40H34. The highest BCUT2D eigenvalue weighted by Gasteiger charge is 2.15. The molecule has 40 heavy (non-hydrogen) atoms. The van der Waals surface area contributed by atoms with E-state index in [-0.39, 0.29) is 0 Å². The maximum atomic E-state index is 2.30. The van der Waals surface area contributed by atoms with Crippen LogP contribution < -0.4 is 0 Å². The molecule has 0 aromatic heterocycles. The van der Waals surface area contributed by atoms with Crippen LogP contribution in [-0.2, 0) is 6.42 Å². The summed E-state index contributed by atoms with van der Waals surface area (Å²) in [5.74, 6) is 0. The van der Waals surface area contributed by atoms with Crippen molar-refractivity contribution in [2.45, 2.75) is 26.7 Å². The van der Waals surface area contributed by atoms with Gasteiger partial charge in [0.05, 0.1) is 0 Å². The Bertz CT molecular complexity index is 1840. The average molecular weight is 515 g/mol. The molecule has 0 atom stereocenters. The highest BCUT2D eigenvalue weighted by atomic mass is 14.2. The third kappa shape index (κ3) is 5.14. The highest BCUT2D eigenvalue weighted by molar-refractivity contribution is 5.90. The Morgan fingerprint density at radius 1 is 0.575 bits per heavy atom. The number of rotatable bonds is 7. The topological polar surface area (TPSA) is 0 Å². The first kappa shape index (κ1) is 25.6. The van der Waals surface area contributed by atoms with Crippen molar-refractivity contribution in [2.75, 3.05) is 0 Å². The molecule has 0 aliphatic rings. The Morgan fingerprint density at radius 2 is 1.23 bits per heavy atom. The predicted octanol–water partition coefficient (Wildman–Crippen LogP) is 11.0. The predicted molar refractivity (Wildman–Crippen MR) is 174 cm³/mol. The van der Waals surface area contributed by atoms with Crippen LogP contribution >= 0.6 is 0 Å². The SMILES string of the molecule is C/C=C\C(CC)=C(/c1ccc(-c2ccc3ccccc3c2)cc1)c1ccccc1Cc1cccc2ccccc12. The summed E-state index contributed by atoms with van der Waals surface area (Å²) in [6.45, 7) is 4.37. The van der Waals surface area contributed by atoms with E-state index in [1.54, 1.807) is 0 Å². The van der Waals surface area contributed by atoms with Gasteiger partial charge in [0.15, 0.2) is 0 Å². The van der Waals surface area contributed by atoms with Crippen molar-refractivity contribution >= 4 is 27.1 Å². The molecule has 0 fully saturated rings. The van der Waals surface area contributed by atoms with Crippen LogP contribution in [0, 0.1) is 0 Å².